The molecule has 0 aromatic rings. The molecule has 1 saturated carbocycles. The molecule has 0 aromatic heterocycles. The highest BCUT2D eigenvalue weighted by Gasteiger charge is 2.25. The van der Waals surface area contributed by atoms with Crippen LogP contribution >= 0.6 is 0 Å². The molecule has 1 aliphatic heterocycles. The molecule has 0 radical (unpaired) electrons. The average Bonchev–Trinajstić information content (AvgIpc) is 2.30. The molecule has 0 atom stereocenters. The Balaban J connectivity index is 1.73. The van der Waals surface area contributed by atoms with Gasteiger partial charge >= 0.3 is 5.97 Å². The van der Waals surface area contributed by atoms with Crippen molar-refractivity contribution in [3.05, 3.63) is 0 Å². The summed E-state index contributed by atoms with van der Waals surface area (Å²) >= 11 is 0. The Labute approximate surface area is 97.2 Å². The first kappa shape index (κ1) is 11.9. The number of nitrogens with zero attached hydrogens (tertiary/aromatic N) is 2. The summed E-state index contributed by atoms with van der Waals surface area (Å²) in [7, 11) is 0. The molecule has 16 heavy (non-hydrogen) atoms. The van der Waals surface area contributed by atoms with Gasteiger partial charge in [0.25, 0.3) is 0 Å². The van der Waals surface area contributed by atoms with Crippen molar-refractivity contribution in [1.82, 2.24) is 9.80 Å². The highest BCUT2D eigenvalue weighted by Crippen LogP contribution is 2.23. The molecule has 1 aliphatic carbocycles. The second kappa shape index (κ2) is 5.64. The molecule has 4 heteroatoms. The molecule has 2 fully saturated rings. The molecular weight excluding hydrogens is 204 g/mol. The zero-order valence-corrected chi connectivity index (χ0v) is 9.90. The maximum Gasteiger partial charge on any atom is 0.317 e. The van der Waals surface area contributed by atoms with E-state index in [4.69, 9.17) is 5.11 Å². The highest BCUT2D eigenvalue weighted by atomic mass is 16.4. The molecule has 2 aliphatic rings. The molecule has 1 saturated heterocycles. The number of hydrogen-bond acceptors (Lipinski definition) is 3. The third-order valence-corrected chi connectivity index (χ3v) is 3.86. The van der Waals surface area contributed by atoms with Crippen molar-refractivity contribution in [3.8, 4) is 0 Å². The first-order valence-corrected chi connectivity index (χ1v) is 6.44. The SMILES string of the molecule is O=C(O)CN1CCN(C2CCCCC2)CC1. The van der Waals surface area contributed by atoms with Crippen LogP contribution in [0.25, 0.3) is 0 Å². The lowest BCUT2D eigenvalue weighted by molar-refractivity contribution is -0.138. The second-order valence-electron chi connectivity index (χ2n) is 5.00. The normalized spacial score (nSPS) is 25.8. The Morgan fingerprint density at radius 3 is 2.25 bits per heavy atom. The van der Waals surface area contributed by atoms with Gasteiger partial charge in [-0.1, -0.05) is 19.3 Å². The average molecular weight is 226 g/mol. The van der Waals surface area contributed by atoms with Crippen LogP contribution in [0.15, 0.2) is 0 Å². The van der Waals surface area contributed by atoms with Crippen molar-refractivity contribution in [2.24, 2.45) is 0 Å². The zero-order valence-electron chi connectivity index (χ0n) is 9.90. The van der Waals surface area contributed by atoms with E-state index >= 15 is 0 Å². The van der Waals surface area contributed by atoms with Gasteiger partial charge in [0, 0.05) is 32.2 Å². The Bertz CT molecular complexity index is 231. The van der Waals surface area contributed by atoms with Crippen molar-refractivity contribution < 1.29 is 9.90 Å². The van der Waals surface area contributed by atoms with Crippen LogP contribution < -0.4 is 0 Å². The van der Waals surface area contributed by atoms with Crippen LogP contribution in [-0.2, 0) is 4.79 Å². The van der Waals surface area contributed by atoms with Gasteiger partial charge in [-0.3, -0.25) is 14.6 Å². The van der Waals surface area contributed by atoms with Crippen LogP contribution in [0.4, 0.5) is 0 Å². The predicted octanol–water partition coefficient (Wildman–Crippen LogP) is 1.02. The van der Waals surface area contributed by atoms with Gasteiger partial charge in [0.1, 0.15) is 0 Å². The smallest absolute Gasteiger partial charge is 0.317 e. The third kappa shape index (κ3) is 3.19. The highest BCUT2D eigenvalue weighted by molar-refractivity contribution is 5.69. The van der Waals surface area contributed by atoms with Crippen molar-refractivity contribution in [1.29, 1.82) is 0 Å². The van der Waals surface area contributed by atoms with E-state index < -0.39 is 5.97 Å². The van der Waals surface area contributed by atoms with Crippen molar-refractivity contribution in [2.75, 3.05) is 32.7 Å². The van der Waals surface area contributed by atoms with Crippen LogP contribution in [0.3, 0.4) is 0 Å². The minimum Gasteiger partial charge on any atom is -0.480 e. The summed E-state index contributed by atoms with van der Waals surface area (Å²) in [4.78, 5) is 15.2. The van der Waals surface area contributed by atoms with E-state index in [1.165, 1.54) is 32.1 Å². The minimum atomic E-state index is -0.703. The van der Waals surface area contributed by atoms with Crippen molar-refractivity contribution in [3.63, 3.8) is 0 Å². The number of piperazine rings is 1. The molecule has 2 rings (SSSR count). The molecule has 0 aromatic carbocycles. The van der Waals surface area contributed by atoms with Crippen LogP contribution in [0.2, 0.25) is 0 Å². The van der Waals surface area contributed by atoms with Crippen LogP contribution in [0.5, 0.6) is 0 Å². The van der Waals surface area contributed by atoms with Gasteiger partial charge in [-0.25, -0.2) is 0 Å². The minimum absolute atomic E-state index is 0.207. The lowest BCUT2D eigenvalue weighted by Gasteiger charge is -2.40. The van der Waals surface area contributed by atoms with Crippen LogP contribution in [0, 0.1) is 0 Å². The van der Waals surface area contributed by atoms with E-state index in [0.717, 1.165) is 32.2 Å². The number of carbonyl (C=O) groups is 1. The molecule has 0 spiro atoms. The summed E-state index contributed by atoms with van der Waals surface area (Å²) in [5.74, 6) is -0.703. The summed E-state index contributed by atoms with van der Waals surface area (Å²) in [6, 6.07) is 0.778. The Morgan fingerprint density at radius 1 is 1.06 bits per heavy atom. The number of carboxylic acid groups (broad SMARTS) is 1. The third-order valence-electron chi connectivity index (χ3n) is 3.86. The fourth-order valence-electron chi connectivity index (χ4n) is 2.92. The van der Waals surface area contributed by atoms with Gasteiger partial charge in [-0.15, -0.1) is 0 Å². The summed E-state index contributed by atoms with van der Waals surface area (Å²) in [5, 5.41) is 8.73. The van der Waals surface area contributed by atoms with Crippen molar-refractivity contribution in [2.45, 2.75) is 38.1 Å². The first-order valence-electron chi connectivity index (χ1n) is 6.44. The van der Waals surface area contributed by atoms with E-state index in [0.29, 0.717) is 0 Å². The van der Waals surface area contributed by atoms with E-state index in [2.05, 4.69) is 4.90 Å². The molecule has 1 heterocycles. The summed E-state index contributed by atoms with van der Waals surface area (Å²) in [6.07, 6.45) is 6.84. The van der Waals surface area contributed by atoms with E-state index in [-0.39, 0.29) is 6.54 Å². The molecule has 1 N–H and O–H groups in total. The second-order valence-corrected chi connectivity index (χ2v) is 5.00. The molecular formula is C12H22N2O2. The number of rotatable bonds is 3. The fourth-order valence-corrected chi connectivity index (χ4v) is 2.92. The zero-order chi connectivity index (χ0) is 11.4. The molecule has 0 unspecified atom stereocenters. The van der Waals surface area contributed by atoms with Gasteiger partial charge in [0.15, 0.2) is 0 Å². The van der Waals surface area contributed by atoms with E-state index in [1.807, 2.05) is 4.90 Å². The van der Waals surface area contributed by atoms with Gasteiger partial charge < -0.3 is 5.11 Å². The monoisotopic (exact) mass is 226 g/mol. The molecule has 92 valence electrons. The van der Waals surface area contributed by atoms with E-state index in [1.54, 1.807) is 0 Å². The van der Waals surface area contributed by atoms with Crippen LogP contribution in [-0.4, -0.2) is 59.6 Å². The largest absolute Gasteiger partial charge is 0.480 e. The fraction of sp³-hybridized carbons (Fsp3) is 0.917. The predicted molar refractivity (Wildman–Crippen MR) is 62.5 cm³/mol. The van der Waals surface area contributed by atoms with Gasteiger partial charge in [0.2, 0.25) is 0 Å². The van der Waals surface area contributed by atoms with Gasteiger partial charge in [-0.05, 0) is 12.8 Å². The number of aliphatic carboxylic acids is 1. The number of carboxylic acids is 1. The first-order chi connectivity index (χ1) is 7.75. The van der Waals surface area contributed by atoms with E-state index in [9.17, 15) is 4.79 Å². The summed E-state index contributed by atoms with van der Waals surface area (Å²) in [6.45, 7) is 4.15. The quantitative estimate of drug-likeness (QED) is 0.780. The molecule has 0 bridgehead atoms. The number of hydrogen-bond donors (Lipinski definition) is 1. The van der Waals surface area contributed by atoms with Gasteiger partial charge in [-0.2, -0.15) is 0 Å². The lowest BCUT2D eigenvalue weighted by Crippen LogP contribution is -2.51. The lowest BCUT2D eigenvalue weighted by atomic mass is 9.94. The van der Waals surface area contributed by atoms with Gasteiger partial charge in [0.05, 0.1) is 6.54 Å². The Kier molecular flexibility index (Phi) is 4.18. The van der Waals surface area contributed by atoms with Crippen LogP contribution in [0.1, 0.15) is 32.1 Å². The maximum absolute atomic E-state index is 10.6. The molecule has 4 nitrogen and oxygen atoms in total. The molecule has 0 amide bonds. The van der Waals surface area contributed by atoms with Crippen molar-refractivity contribution >= 4 is 5.97 Å². The summed E-state index contributed by atoms with van der Waals surface area (Å²) < 4.78 is 0. The Morgan fingerprint density at radius 2 is 1.69 bits per heavy atom. The summed E-state index contributed by atoms with van der Waals surface area (Å²) in [5.41, 5.74) is 0. The Hall–Kier alpha value is -0.610. The topological polar surface area (TPSA) is 43.8 Å². The standard InChI is InChI=1S/C12H22N2O2/c15-12(16)10-13-6-8-14(9-7-13)11-4-2-1-3-5-11/h11H,1-10H2,(H,15,16). The maximum atomic E-state index is 10.6.